The van der Waals surface area contributed by atoms with Crippen LogP contribution in [0.4, 0.5) is 20.7 Å². The monoisotopic (exact) mass is 516 g/mol. The number of benzene rings is 1. The van der Waals surface area contributed by atoms with E-state index in [-0.39, 0.29) is 36.5 Å². The zero-order valence-electron chi connectivity index (χ0n) is 19.5. The van der Waals surface area contributed by atoms with Crippen LogP contribution in [0.2, 0.25) is 0 Å². The Balaban J connectivity index is 1.26. The largest absolute Gasteiger partial charge is 0.442 e. The second kappa shape index (κ2) is 9.17. The number of rotatable bonds is 6. The summed E-state index contributed by atoms with van der Waals surface area (Å²) in [7, 11) is -3.14. The van der Waals surface area contributed by atoms with E-state index in [4.69, 9.17) is 9.26 Å². The summed E-state index contributed by atoms with van der Waals surface area (Å²) in [6.07, 6.45) is 0.580. The second-order valence-electron chi connectivity index (χ2n) is 9.10. The molecule has 1 amide bonds. The molecular weight excluding hydrogens is 491 g/mol. The molecule has 1 aromatic carbocycles. The van der Waals surface area contributed by atoms with Gasteiger partial charge in [-0.3, -0.25) is 9.88 Å². The number of nitrogens with zero attached hydrogens (tertiary/aromatic N) is 3. The van der Waals surface area contributed by atoms with E-state index in [2.05, 4.69) is 15.5 Å². The van der Waals surface area contributed by atoms with Crippen molar-refractivity contribution in [2.75, 3.05) is 34.8 Å². The summed E-state index contributed by atoms with van der Waals surface area (Å²) in [5.74, 6) is 0.454. The smallest absolute Gasteiger partial charge is 0.414 e. The molecule has 1 atom stereocenters. The van der Waals surface area contributed by atoms with E-state index in [1.807, 2.05) is 0 Å². The summed E-state index contributed by atoms with van der Waals surface area (Å²) in [6, 6.07) is 9.40. The van der Waals surface area contributed by atoms with Crippen molar-refractivity contribution in [2.45, 2.75) is 31.5 Å². The Bertz CT molecular complexity index is 1380. The number of halogens is 1. The number of sulfone groups is 1. The van der Waals surface area contributed by atoms with E-state index in [0.29, 0.717) is 35.1 Å². The van der Waals surface area contributed by atoms with Crippen LogP contribution in [-0.4, -0.2) is 60.5 Å². The summed E-state index contributed by atoms with van der Waals surface area (Å²) >= 11 is 0. The predicted octanol–water partition coefficient (Wildman–Crippen LogP) is 3.02. The number of aliphatic hydroxyl groups is 1. The van der Waals surface area contributed by atoms with Crippen LogP contribution in [0.3, 0.4) is 0 Å². The highest BCUT2D eigenvalue weighted by Crippen LogP contribution is 2.34. The molecule has 0 saturated carbocycles. The zero-order chi connectivity index (χ0) is 25.5. The molecule has 2 aliphatic heterocycles. The molecule has 5 rings (SSSR count). The number of aromatic nitrogens is 2. The molecule has 2 saturated heterocycles. The van der Waals surface area contributed by atoms with Gasteiger partial charge in [0.2, 0.25) is 0 Å². The van der Waals surface area contributed by atoms with Crippen molar-refractivity contribution in [3.8, 4) is 11.1 Å². The van der Waals surface area contributed by atoms with Crippen LogP contribution < -0.4 is 10.2 Å². The lowest BCUT2D eigenvalue weighted by atomic mass is 9.91. The van der Waals surface area contributed by atoms with Crippen molar-refractivity contribution in [2.24, 2.45) is 0 Å². The molecule has 0 spiro atoms. The third-order valence-corrected chi connectivity index (χ3v) is 8.13. The Kier molecular flexibility index (Phi) is 6.17. The van der Waals surface area contributed by atoms with Gasteiger partial charge in [-0.05, 0) is 44.0 Å². The molecule has 2 N–H and O–H groups in total. The summed E-state index contributed by atoms with van der Waals surface area (Å²) < 4.78 is 48.8. The third kappa shape index (κ3) is 4.91. The molecule has 36 heavy (non-hydrogen) atoms. The zero-order valence-corrected chi connectivity index (χ0v) is 20.3. The average Bonchev–Trinajstić information content (AvgIpc) is 3.44. The van der Waals surface area contributed by atoms with Crippen molar-refractivity contribution in [1.82, 2.24) is 10.1 Å². The minimum atomic E-state index is -3.14. The maximum absolute atomic E-state index is 15.0. The highest BCUT2D eigenvalue weighted by Gasteiger charge is 2.38. The molecule has 0 bridgehead atoms. The first kappa shape index (κ1) is 24.2. The standard InChI is InChI=1S/C24H25FN4O6S/c1-15-10-22(28-35-15)27-13-18-14-29(23(30)34-18)17-3-4-19(20(25)11-17)16-2-5-21(26-12-16)24(31)6-8-36(32,33)9-7-24/h2-5,10-12,18,31H,6-9,13-14H2,1H3,(H,27,28)/t18-/m0/s1. The molecule has 10 nitrogen and oxygen atoms in total. The molecule has 2 aliphatic rings. The van der Waals surface area contributed by atoms with Crippen LogP contribution in [0.25, 0.3) is 11.1 Å². The van der Waals surface area contributed by atoms with Gasteiger partial charge in [-0.25, -0.2) is 17.6 Å². The molecule has 0 radical (unpaired) electrons. The van der Waals surface area contributed by atoms with Crippen molar-refractivity contribution >= 4 is 27.4 Å². The van der Waals surface area contributed by atoms with Gasteiger partial charge in [-0.1, -0.05) is 11.2 Å². The van der Waals surface area contributed by atoms with Crippen molar-refractivity contribution in [3.63, 3.8) is 0 Å². The number of anilines is 2. The first-order valence-electron chi connectivity index (χ1n) is 11.5. The second-order valence-corrected chi connectivity index (χ2v) is 11.4. The quantitative estimate of drug-likeness (QED) is 0.507. The Morgan fingerprint density at radius 2 is 2.00 bits per heavy atom. The van der Waals surface area contributed by atoms with Gasteiger partial charge in [-0.15, -0.1) is 0 Å². The number of ether oxygens (including phenoxy) is 1. The van der Waals surface area contributed by atoms with Crippen molar-refractivity contribution < 1.29 is 32.0 Å². The van der Waals surface area contributed by atoms with E-state index in [0.717, 1.165) is 0 Å². The van der Waals surface area contributed by atoms with Crippen LogP contribution in [0.1, 0.15) is 24.3 Å². The summed E-state index contributed by atoms with van der Waals surface area (Å²) in [4.78, 5) is 18.0. The fourth-order valence-corrected chi connectivity index (χ4v) is 5.87. The number of hydrogen-bond acceptors (Lipinski definition) is 9. The van der Waals surface area contributed by atoms with E-state index in [1.165, 1.54) is 17.2 Å². The fourth-order valence-electron chi connectivity index (χ4n) is 4.37. The molecular formula is C24H25FN4O6S. The van der Waals surface area contributed by atoms with E-state index in [1.54, 1.807) is 37.3 Å². The molecule has 0 aliphatic carbocycles. The Morgan fingerprint density at radius 1 is 1.22 bits per heavy atom. The number of amides is 1. The maximum atomic E-state index is 15.0. The van der Waals surface area contributed by atoms with E-state index < -0.39 is 33.5 Å². The molecule has 4 heterocycles. The molecule has 12 heteroatoms. The number of hydrogen-bond donors (Lipinski definition) is 2. The lowest BCUT2D eigenvalue weighted by Crippen LogP contribution is -2.37. The fraction of sp³-hybridized carbons (Fsp3) is 0.375. The third-order valence-electron chi connectivity index (χ3n) is 6.48. The first-order chi connectivity index (χ1) is 17.1. The number of cyclic esters (lactones) is 1. The highest BCUT2D eigenvalue weighted by molar-refractivity contribution is 7.91. The molecule has 2 aromatic heterocycles. The van der Waals surface area contributed by atoms with Gasteiger partial charge in [0.1, 0.15) is 23.3 Å². The van der Waals surface area contributed by atoms with Gasteiger partial charge in [0, 0.05) is 23.4 Å². The summed E-state index contributed by atoms with van der Waals surface area (Å²) in [5, 5.41) is 17.7. The van der Waals surface area contributed by atoms with Gasteiger partial charge in [0.15, 0.2) is 15.7 Å². The maximum Gasteiger partial charge on any atom is 0.414 e. The van der Waals surface area contributed by atoms with Gasteiger partial charge >= 0.3 is 6.09 Å². The topological polar surface area (TPSA) is 135 Å². The van der Waals surface area contributed by atoms with Gasteiger partial charge in [-0.2, -0.15) is 0 Å². The Hall–Kier alpha value is -3.51. The Morgan fingerprint density at radius 3 is 2.64 bits per heavy atom. The molecule has 3 aromatic rings. The van der Waals surface area contributed by atoms with Crippen molar-refractivity contribution in [3.05, 3.63) is 59.9 Å². The number of aryl methyl sites for hydroxylation is 1. The molecule has 0 unspecified atom stereocenters. The van der Waals surface area contributed by atoms with Gasteiger partial charge in [0.05, 0.1) is 36.0 Å². The SMILES string of the molecule is Cc1cc(NC[C@H]2CN(c3ccc(-c4ccc(C5(O)CCS(=O)(=O)CC5)nc4)c(F)c3)C(=O)O2)no1. The number of nitrogens with one attached hydrogen (secondary N) is 1. The highest BCUT2D eigenvalue weighted by atomic mass is 32.2. The first-order valence-corrected chi connectivity index (χ1v) is 13.3. The predicted molar refractivity (Wildman–Crippen MR) is 129 cm³/mol. The van der Waals surface area contributed by atoms with Gasteiger partial charge in [0.25, 0.3) is 0 Å². The lowest BCUT2D eigenvalue weighted by Gasteiger charge is -2.31. The van der Waals surface area contributed by atoms with Crippen molar-refractivity contribution in [1.29, 1.82) is 0 Å². The van der Waals surface area contributed by atoms with Crippen LogP contribution in [0.15, 0.2) is 47.1 Å². The van der Waals surface area contributed by atoms with E-state index in [9.17, 15) is 18.3 Å². The van der Waals surface area contributed by atoms with Gasteiger partial charge < -0.3 is 19.7 Å². The summed E-state index contributed by atoms with van der Waals surface area (Å²) in [6.45, 7) is 2.34. The minimum Gasteiger partial charge on any atom is -0.442 e. The number of carbonyl (C=O) groups is 1. The van der Waals surface area contributed by atoms with Crippen LogP contribution in [0.5, 0.6) is 0 Å². The van der Waals surface area contributed by atoms with Crippen LogP contribution in [-0.2, 0) is 20.2 Å². The molecule has 2 fully saturated rings. The average molecular weight is 517 g/mol. The van der Waals surface area contributed by atoms with Crippen LogP contribution in [0, 0.1) is 12.7 Å². The Labute approximate surface area is 207 Å². The van der Waals surface area contributed by atoms with Crippen LogP contribution >= 0.6 is 0 Å². The summed E-state index contributed by atoms with van der Waals surface area (Å²) in [5.41, 5.74) is 0.175. The minimum absolute atomic E-state index is 0.0748. The normalized spacial score (nSPS) is 20.8. The number of carbonyl (C=O) groups excluding carboxylic acids is 1. The molecule has 190 valence electrons. The number of pyridine rings is 1. The lowest BCUT2D eigenvalue weighted by molar-refractivity contribution is 0.0220. The van der Waals surface area contributed by atoms with E-state index >= 15 is 4.39 Å².